The third-order valence-corrected chi connectivity index (χ3v) is 5.54. The second-order valence-electron chi connectivity index (χ2n) is 6.92. The van der Waals surface area contributed by atoms with E-state index in [0.717, 1.165) is 31.7 Å². The van der Waals surface area contributed by atoms with Crippen LogP contribution in [0.25, 0.3) is 0 Å². The van der Waals surface area contributed by atoms with Gasteiger partial charge in [-0.3, -0.25) is 9.58 Å². The largest absolute Gasteiger partial charge is 0.389 e. The summed E-state index contributed by atoms with van der Waals surface area (Å²) in [5.41, 5.74) is 2.03. The lowest BCUT2D eigenvalue weighted by Gasteiger charge is -2.50. The molecule has 4 nitrogen and oxygen atoms in total. The molecule has 2 atom stereocenters. The third-order valence-electron chi connectivity index (χ3n) is 5.54. The maximum absolute atomic E-state index is 11.0. The molecule has 1 saturated carbocycles. The van der Waals surface area contributed by atoms with E-state index >= 15 is 0 Å². The molecule has 0 amide bonds. The van der Waals surface area contributed by atoms with Crippen molar-refractivity contribution in [2.45, 2.75) is 51.7 Å². The van der Waals surface area contributed by atoms with Crippen LogP contribution in [0.4, 0.5) is 0 Å². The Morgan fingerprint density at radius 3 is 2.70 bits per heavy atom. The van der Waals surface area contributed by atoms with Crippen molar-refractivity contribution in [1.29, 1.82) is 0 Å². The molecule has 1 aliphatic heterocycles. The molecule has 1 saturated heterocycles. The van der Waals surface area contributed by atoms with E-state index in [-0.39, 0.29) is 0 Å². The fraction of sp³-hybridized carbons (Fsp3) is 0.812. The summed E-state index contributed by atoms with van der Waals surface area (Å²) in [7, 11) is 1.98. The van der Waals surface area contributed by atoms with Gasteiger partial charge in [-0.2, -0.15) is 5.10 Å². The van der Waals surface area contributed by atoms with Gasteiger partial charge in [0, 0.05) is 38.4 Å². The van der Waals surface area contributed by atoms with Gasteiger partial charge in [0.1, 0.15) is 0 Å². The van der Waals surface area contributed by atoms with Crippen LogP contribution in [0, 0.1) is 18.8 Å². The molecule has 2 aliphatic rings. The smallest absolute Gasteiger partial charge is 0.0725 e. The highest BCUT2D eigenvalue weighted by Crippen LogP contribution is 2.44. The maximum Gasteiger partial charge on any atom is 0.0725 e. The Kier molecular flexibility index (Phi) is 3.63. The lowest BCUT2D eigenvalue weighted by molar-refractivity contribution is -0.128. The lowest BCUT2D eigenvalue weighted by atomic mass is 9.65. The minimum atomic E-state index is -0.404. The van der Waals surface area contributed by atoms with Crippen molar-refractivity contribution in [3.8, 4) is 0 Å². The fourth-order valence-electron chi connectivity index (χ4n) is 3.92. The summed E-state index contributed by atoms with van der Waals surface area (Å²) < 4.78 is 1.89. The van der Waals surface area contributed by atoms with E-state index in [1.807, 2.05) is 11.7 Å². The van der Waals surface area contributed by atoms with Gasteiger partial charge in [-0.05, 0) is 38.0 Å². The van der Waals surface area contributed by atoms with E-state index in [9.17, 15) is 5.11 Å². The molecule has 1 aliphatic carbocycles. The van der Waals surface area contributed by atoms with Crippen molar-refractivity contribution in [1.82, 2.24) is 14.7 Å². The first kappa shape index (κ1) is 14.1. The third kappa shape index (κ3) is 2.40. The molecule has 2 fully saturated rings. The number of hydrogen-bond acceptors (Lipinski definition) is 3. The van der Waals surface area contributed by atoms with E-state index in [1.54, 1.807) is 0 Å². The van der Waals surface area contributed by atoms with Gasteiger partial charge in [0.2, 0.25) is 0 Å². The number of piperidine rings is 1. The fourth-order valence-corrected chi connectivity index (χ4v) is 3.92. The van der Waals surface area contributed by atoms with E-state index < -0.39 is 5.60 Å². The Bertz CT molecular complexity index is 480. The van der Waals surface area contributed by atoms with E-state index in [1.165, 1.54) is 24.8 Å². The van der Waals surface area contributed by atoms with Gasteiger partial charge in [-0.15, -0.1) is 0 Å². The van der Waals surface area contributed by atoms with E-state index in [4.69, 9.17) is 0 Å². The van der Waals surface area contributed by atoms with Gasteiger partial charge >= 0.3 is 0 Å². The van der Waals surface area contributed by atoms with Gasteiger partial charge in [-0.25, -0.2) is 0 Å². The van der Waals surface area contributed by atoms with Gasteiger partial charge in [-0.1, -0.05) is 13.3 Å². The van der Waals surface area contributed by atoms with Crippen LogP contribution in [0.5, 0.6) is 0 Å². The highest BCUT2D eigenvalue weighted by atomic mass is 16.3. The molecule has 112 valence electrons. The molecular weight excluding hydrogens is 250 g/mol. The Morgan fingerprint density at radius 2 is 2.20 bits per heavy atom. The Labute approximate surface area is 121 Å². The molecule has 1 N–H and O–H groups in total. The molecule has 0 aromatic carbocycles. The van der Waals surface area contributed by atoms with Gasteiger partial charge in [0.15, 0.2) is 0 Å². The molecule has 20 heavy (non-hydrogen) atoms. The predicted molar refractivity (Wildman–Crippen MR) is 79.3 cm³/mol. The second-order valence-corrected chi connectivity index (χ2v) is 6.92. The molecule has 3 rings (SSSR count). The molecule has 0 bridgehead atoms. The zero-order valence-corrected chi connectivity index (χ0v) is 13.0. The zero-order chi connectivity index (χ0) is 14.3. The molecular formula is C16H27N3O. The highest BCUT2D eigenvalue weighted by Gasteiger charge is 2.46. The summed E-state index contributed by atoms with van der Waals surface area (Å²) in [6.07, 6.45) is 6.80. The average molecular weight is 277 g/mol. The van der Waals surface area contributed by atoms with Crippen LogP contribution in [0.3, 0.4) is 0 Å². The van der Waals surface area contributed by atoms with Gasteiger partial charge in [0.25, 0.3) is 0 Å². The molecule has 0 spiro atoms. The zero-order valence-electron chi connectivity index (χ0n) is 13.0. The predicted octanol–water partition coefficient (Wildman–Crippen LogP) is 2.10. The number of likely N-dealkylation sites (tertiary alicyclic amines) is 1. The second kappa shape index (κ2) is 5.15. The number of aryl methyl sites for hydroxylation is 2. The number of rotatable bonds is 3. The first-order valence-corrected chi connectivity index (χ1v) is 7.93. The quantitative estimate of drug-likeness (QED) is 0.920. The lowest BCUT2D eigenvalue weighted by Crippen LogP contribution is -2.56. The van der Waals surface area contributed by atoms with E-state index in [2.05, 4.69) is 30.0 Å². The summed E-state index contributed by atoms with van der Waals surface area (Å²) in [5.74, 6) is 0.929. The van der Waals surface area contributed by atoms with Crippen molar-refractivity contribution >= 4 is 0 Å². The van der Waals surface area contributed by atoms with Crippen LogP contribution >= 0.6 is 0 Å². The molecule has 1 aromatic heterocycles. The Hall–Kier alpha value is -0.870. The van der Waals surface area contributed by atoms with Gasteiger partial charge in [0.05, 0.1) is 11.3 Å². The SMILES string of the molecule is Cc1nn(C)cc1CN1CCC(O)(C2CCC2)C(C)C1. The van der Waals surface area contributed by atoms with Crippen LogP contribution in [0.15, 0.2) is 6.20 Å². The highest BCUT2D eigenvalue weighted by molar-refractivity contribution is 5.15. The van der Waals surface area contributed by atoms with Crippen LogP contribution < -0.4 is 0 Å². The van der Waals surface area contributed by atoms with Crippen molar-refractivity contribution in [3.63, 3.8) is 0 Å². The van der Waals surface area contributed by atoms with Crippen LogP contribution in [-0.2, 0) is 13.6 Å². The minimum Gasteiger partial charge on any atom is -0.389 e. The van der Waals surface area contributed by atoms with E-state index in [0.29, 0.717) is 11.8 Å². The maximum atomic E-state index is 11.0. The first-order chi connectivity index (χ1) is 9.49. The minimum absolute atomic E-state index is 0.374. The normalized spacial score (nSPS) is 32.3. The van der Waals surface area contributed by atoms with Crippen LogP contribution in [-0.4, -0.2) is 38.5 Å². The molecule has 2 unspecified atom stereocenters. The average Bonchev–Trinajstić information content (AvgIpc) is 2.61. The number of hydrogen-bond donors (Lipinski definition) is 1. The van der Waals surface area contributed by atoms with Crippen molar-refractivity contribution in [2.24, 2.45) is 18.9 Å². The number of aliphatic hydroxyl groups is 1. The summed E-state index contributed by atoms with van der Waals surface area (Å²) in [4.78, 5) is 2.47. The van der Waals surface area contributed by atoms with Crippen molar-refractivity contribution in [3.05, 3.63) is 17.5 Å². The number of aromatic nitrogens is 2. The number of nitrogens with zero attached hydrogens (tertiary/aromatic N) is 3. The summed E-state index contributed by atoms with van der Waals surface area (Å²) in [5, 5.41) is 15.4. The topological polar surface area (TPSA) is 41.3 Å². The molecule has 4 heteroatoms. The standard InChI is InChI=1S/C16H27N3O/c1-12-9-19(11-14-10-18(3)17-13(14)2)8-7-16(12,20)15-5-4-6-15/h10,12,15,20H,4-9,11H2,1-3H3. The molecule has 2 heterocycles. The monoisotopic (exact) mass is 277 g/mol. The van der Waals surface area contributed by atoms with Crippen molar-refractivity contribution in [2.75, 3.05) is 13.1 Å². The van der Waals surface area contributed by atoms with Crippen LogP contribution in [0.2, 0.25) is 0 Å². The summed E-state index contributed by atoms with van der Waals surface area (Å²) in [6, 6.07) is 0. The van der Waals surface area contributed by atoms with Crippen molar-refractivity contribution < 1.29 is 5.11 Å². The Morgan fingerprint density at radius 1 is 1.45 bits per heavy atom. The molecule has 1 aromatic rings. The first-order valence-electron chi connectivity index (χ1n) is 7.93. The van der Waals surface area contributed by atoms with Gasteiger partial charge < -0.3 is 5.11 Å². The summed E-state index contributed by atoms with van der Waals surface area (Å²) in [6.45, 7) is 7.27. The summed E-state index contributed by atoms with van der Waals surface area (Å²) >= 11 is 0. The molecule has 0 radical (unpaired) electrons. The van der Waals surface area contributed by atoms with Crippen LogP contribution in [0.1, 0.15) is 43.9 Å². The Balaban J connectivity index is 1.63.